The van der Waals surface area contributed by atoms with Crippen molar-refractivity contribution >= 4 is 40.8 Å². The van der Waals surface area contributed by atoms with E-state index in [0.29, 0.717) is 22.7 Å². The van der Waals surface area contributed by atoms with Crippen molar-refractivity contribution in [3.8, 4) is 5.75 Å². The van der Waals surface area contributed by atoms with Crippen LogP contribution in [0.15, 0.2) is 77.5 Å². The number of halogens is 1. The molecule has 1 N–H and O–H groups in total. The number of amides is 2. The SMILES string of the molecule is Cc1cc(C)c(C)c(OC(=O)c2ccc(NC3=C(Cl)C(=O)N(c4ccccc4)C3=O)cc2)c1. The topological polar surface area (TPSA) is 75.7 Å². The van der Waals surface area contributed by atoms with Crippen LogP contribution >= 0.6 is 11.6 Å². The van der Waals surface area contributed by atoms with Crippen LogP contribution in [0.25, 0.3) is 0 Å². The minimum atomic E-state index is -0.598. The summed E-state index contributed by atoms with van der Waals surface area (Å²) in [5.41, 5.74) is 4.21. The van der Waals surface area contributed by atoms with E-state index in [9.17, 15) is 14.4 Å². The maximum Gasteiger partial charge on any atom is 0.343 e. The van der Waals surface area contributed by atoms with E-state index in [1.165, 1.54) is 0 Å². The molecule has 3 aromatic carbocycles. The molecule has 166 valence electrons. The third-order valence-corrected chi connectivity index (χ3v) is 5.75. The number of para-hydroxylation sites is 1. The Kier molecular flexibility index (Phi) is 6.03. The molecule has 2 amide bonds. The normalized spacial score (nSPS) is 13.5. The van der Waals surface area contributed by atoms with Gasteiger partial charge in [-0.2, -0.15) is 0 Å². The number of carbonyl (C=O) groups is 3. The number of aryl methyl sites for hydroxylation is 2. The minimum absolute atomic E-state index is 0.0216. The summed E-state index contributed by atoms with van der Waals surface area (Å²) < 4.78 is 5.58. The fourth-order valence-corrected chi connectivity index (χ4v) is 3.74. The molecule has 33 heavy (non-hydrogen) atoms. The number of hydrogen-bond donors (Lipinski definition) is 1. The highest BCUT2D eigenvalue weighted by Gasteiger charge is 2.38. The van der Waals surface area contributed by atoms with Crippen LogP contribution in [0, 0.1) is 20.8 Å². The molecule has 1 aliphatic heterocycles. The van der Waals surface area contributed by atoms with Gasteiger partial charge >= 0.3 is 5.97 Å². The zero-order valence-electron chi connectivity index (χ0n) is 18.3. The highest BCUT2D eigenvalue weighted by Crippen LogP contribution is 2.30. The van der Waals surface area contributed by atoms with Crippen molar-refractivity contribution in [2.75, 3.05) is 10.2 Å². The Bertz CT molecular complexity index is 1300. The lowest BCUT2D eigenvalue weighted by Crippen LogP contribution is -2.32. The lowest BCUT2D eigenvalue weighted by Gasteiger charge is -2.15. The van der Waals surface area contributed by atoms with Gasteiger partial charge in [-0.3, -0.25) is 9.59 Å². The second-order valence-electron chi connectivity index (χ2n) is 7.77. The number of nitrogens with zero attached hydrogens (tertiary/aromatic N) is 1. The van der Waals surface area contributed by atoms with E-state index >= 15 is 0 Å². The van der Waals surface area contributed by atoms with Gasteiger partial charge in [0.15, 0.2) is 0 Å². The first-order chi connectivity index (χ1) is 15.8. The van der Waals surface area contributed by atoms with E-state index < -0.39 is 17.8 Å². The fraction of sp³-hybridized carbons (Fsp3) is 0.115. The average Bonchev–Trinajstić information content (AvgIpc) is 3.01. The van der Waals surface area contributed by atoms with Crippen LogP contribution < -0.4 is 15.0 Å². The van der Waals surface area contributed by atoms with Crippen molar-refractivity contribution in [1.82, 2.24) is 0 Å². The van der Waals surface area contributed by atoms with Gasteiger partial charge in [-0.15, -0.1) is 0 Å². The zero-order chi connectivity index (χ0) is 23.7. The Morgan fingerprint density at radius 1 is 0.909 bits per heavy atom. The maximum atomic E-state index is 12.8. The molecule has 1 heterocycles. The molecular formula is C26H21ClN2O4. The van der Waals surface area contributed by atoms with Gasteiger partial charge in [-0.05, 0) is 79.9 Å². The van der Waals surface area contributed by atoms with E-state index in [2.05, 4.69) is 5.32 Å². The van der Waals surface area contributed by atoms with Gasteiger partial charge in [0.1, 0.15) is 16.5 Å². The number of ether oxygens (including phenoxy) is 1. The quantitative estimate of drug-likeness (QED) is 0.319. The van der Waals surface area contributed by atoms with E-state index in [0.717, 1.165) is 21.6 Å². The monoisotopic (exact) mass is 460 g/mol. The van der Waals surface area contributed by atoms with Crippen LogP contribution in [0.1, 0.15) is 27.0 Å². The van der Waals surface area contributed by atoms with Gasteiger partial charge in [-0.1, -0.05) is 35.9 Å². The van der Waals surface area contributed by atoms with Gasteiger partial charge in [0.25, 0.3) is 11.8 Å². The van der Waals surface area contributed by atoms with Crippen LogP contribution in [-0.2, 0) is 9.59 Å². The largest absolute Gasteiger partial charge is 0.423 e. The Balaban J connectivity index is 1.49. The number of rotatable bonds is 5. The van der Waals surface area contributed by atoms with Crippen LogP contribution in [0.5, 0.6) is 5.75 Å². The minimum Gasteiger partial charge on any atom is -0.423 e. The molecule has 0 fully saturated rings. The lowest BCUT2D eigenvalue weighted by molar-refractivity contribution is -0.120. The third kappa shape index (κ3) is 4.38. The summed E-state index contributed by atoms with van der Waals surface area (Å²) in [4.78, 5) is 39.0. The first-order valence-electron chi connectivity index (χ1n) is 10.3. The van der Waals surface area contributed by atoms with Crippen molar-refractivity contribution in [1.29, 1.82) is 0 Å². The standard InChI is InChI=1S/C26H21ClN2O4/c1-15-13-16(2)17(3)21(14-15)33-26(32)18-9-11-19(12-10-18)28-23-22(27)24(30)29(25(23)31)20-7-5-4-6-8-20/h4-14,28H,1-3H3. The predicted octanol–water partition coefficient (Wildman–Crippen LogP) is 5.27. The van der Waals surface area contributed by atoms with E-state index in [4.69, 9.17) is 16.3 Å². The van der Waals surface area contributed by atoms with Gasteiger partial charge < -0.3 is 10.1 Å². The number of nitrogens with one attached hydrogen (secondary N) is 1. The number of hydrogen-bond acceptors (Lipinski definition) is 5. The second-order valence-corrected chi connectivity index (χ2v) is 8.15. The first-order valence-corrected chi connectivity index (χ1v) is 10.6. The molecule has 0 atom stereocenters. The Hall–Kier alpha value is -3.90. The average molecular weight is 461 g/mol. The number of imide groups is 1. The fourth-order valence-electron chi connectivity index (χ4n) is 3.52. The molecule has 0 aliphatic carbocycles. The molecule has 4 rings (SSSR count). The Labute approximate surface area is 196 Å². The summed E-state index contributed by atoms with van der Waals surface area (Å²) >= 11 is 6.16. The maximum absolute atomic E-state index is 12.8. The number of anilines is 2. The summed E-state index contributed by atoms with van der Waals surface area (Å²) in [6.07, 6.45) is 0. The molecule has 0 saturated heterocycles. The van der Waals surface area contributed by atoms with E-state index in [1.807, 2.05) is 32.9 Å². The highest BCUT2D eigenvalue weighted by molar-refractivity contribution is 6.53. The molecule has 7 heteroatoms. The molecule has 0 spiro atoms. The van der Waals surface area contributed by atoms with E-state index in [1.54, 1.807) is 54.6 Å². The Morgan fingerprint density at radius 2 is 1.58 bits per heavy atom. The summed E-state index contributed by atoms with van der Waals surface area (Å²) in [6, 6.07) is 18.8. The van der Waals surface area contributed by atoms with Crippen molar-refractivity contribution in [2.24, 2.45) is 0 Å². The van der Waals surface area contributed by atoms with Crippen molar-refractivity contribution in [3.63, 3.8) is 0 Å². The molecule has 0 saturated carbocycles. The predicted molar refractivity (Wildman–Crippen MR) is 127 cm³/mol. The molecule has 0 unspecified atom stereocenters. The number of benzene rings is 3. The van der Waals surface area contributed by atoms with Gasteiger partial charge in [0.2, 0.25) is 0 Å². The van der Waals surface area contributed by atoms with Crippen LogP contribution in [-0.4, -0.2) is 17.8 Å². The van der Waals surface area contributed by atoms with Crippen molar-refractivity contribution < 1.29 is 19.1 Å². The molecule has 0 aromatic heterocycles. The van der Waals surface area contributed by atoms with Crippen molar-refractivity contribution in [3.05, 3.63) is 99.7 Å². The third-order valence-electron chi connectivity index (χ3n) is 5.40. The molecule has 0 bridgehead atoms. The summed E-state index contributed by atoms with van der Waals surface area (Å²) in [5.74, 6) is -1.12. The lowest BCUT2D eigenvalue weighted by atomic mass is 10.1. The van der Waals surface area contributed by atoms with Gasteiger partial charge in [0, 0.05) is 5.69 Å². The molecule has 6 nitrogen and oxygen atoms in total. The Morgan fingerprint density at radius 3 is 2.24 bits per heavy atom. The highest BCUT2D eigenvalue weighted by atomic mass is 35.5. The summed E-state index contributed by atoms with van der Waals surface area (Å²) in [7, 11) is 0. The molecule has 3 aromatic rings. The molecule has 0 radical (unpaired) electrons. The van der Waals surface area contributed by atoms with Crippen LogP contribution in [0.2, 0.25) is 0 Å². The zero-order valence-corrected chi connectivity index (χ0v) is 19.1. The summed E-state index contributed by atoms with van der Waals surface area (Å²) in [6.45, 7) is 5.81. The molecular weight excluding hydrogens is 440 g/mol. The number of carbonyl (C=O) groups excluding carboxylic acids is 3. The van der Waals surface area contributed by atoms with E-state index in [-0.39, 0.29) is 10.7 Å². The number of esters is 1. The van der Waals surface area contributed by atoms with Crippen molar-refractivity contribution in [2.45, 2.75) is 20.8 Å². The van der Waals surface area contributed by atoms with Gasteiger partial charge in [-0.25, -0.2) is 9.69 Å². The summed E-state index contributed by atoms with van der Waals surface area (Å²) in [5, 5.41) is 2.70. The smallest absolute Gasteiger partial charge is 0.343 e. The van der Waals surface area contributed by atoms with Gasteiger partial charge in [0.05, 0.1) is 11.3 Å². The van der Waals surface area contributed by atoms with Crippen LogP contribution in [0.4, 0.5) is 11.4 Å². The first kappa shape index (κ1) is 22.3. The second kappa shape index (κ2) is 8.92. The molecule has 1 aliphatic rings. The van der Waals surface area contributed by atoms with Crippen LogP contribution in [0.3, 0.4) is 0 Å².